The van der Waals surface area contributed by atoms with E-state index in [0.29, 0.717) is 28.7 Å². The fourth-order valence-electron chi connectivity index (χ4n) is 3.91. The van der Waals surface area contributed by atoms with E-state index in [0.717, 1.165) is 37.2 Å². The molecule has 2 heterocycles. The summed E-state index contributed by atoms with van der Waals surface area (Å²) < 4.78 is 3.28. The Hall–Kier alpha value is -2.15. The molecule has 7 heteroatoms. The molecule has 3 rings (SSSR count). The van der Waals surface area contributed by atoms with Gasteiger partial charge in [-0.05, 0) is 58.1 Å². The molecule has 2 aromatic heterocycles. The van der Waals surface area contributed by atoms with E-state index in [1.165, 1.54) is 4.52 Å². The molecule has 31 heavy (non-hydrogen) atoms. The molecule has 0 fully saturated rings. The Morgan fingerprint density at radius 3 is 2.58 bits per heavy atom. The van der Waals surface area contributed by atoms with Crippen molar-refractivity contribution in [1.29, 1.82) is 0 Å². The summed E-state index contributed by atoms with van der Waals surface area (Å²) in [5.74, 6) is 0.353. The second-order valence-corrected chi connectivity index (χ2v) is 8.97. The number of fused-ring (bicyclic) bond motifs is 1. The van der Waals surface area contributed by atoms with Gasteiger partial charge in [0.2, 0.25) is 0 Å². The predicted molar refractivity (Wildman–Crippen MR) is 128 cm³/mol. The van der Waals surface area contributed by atoms with Crippen LogP contribution >= 0.6 is 11.6 Å². The standard InChI is InChI=1S/C24H34ClN5O/c1-6-17(2)23(26-13-10-14-28(4)5)21-15-20-22(25)18(3)27-30(20)24(31)29(21)16-19-11-8-7-9-12-19/h7-9,11-12,15,17,23,26H,6,10,13-14,16H2,1-5H3. The average Bonchev–Trinajstić information content (AvgIpc) is 3.04. The first kappa shape index (κ1) is 23.5. The highest BCUT2D eigenvalue weighted by Gasteiger charge is 2.24. The van der Waals surface area contributed by atoms with E-state index < -0.39 is 0 Å². The second kappa shape index (κ2) is 10.4. The molecule has 168 valence electrons. The maximum Gasteiger partial charge on any atom is 0.349 e. The molecule has 3 aromatic rings. The molecule has 1 aromatic carbocycles. The number of halogens is 1. The largest absolute Gasteiger partial charge is 0.349 e. The van der Waals surface area contributed by atoms with Crippen molar-refractivity contribution in [3.8, 4) is 0 Å². The summed E-state index contributed by atoms with van der Waals surface area (Å²) >= 11 is 6.52. The van der Waals surface area contributed by atoms with E-state index in [-0.39, 0.29) is 11.7 Å². The van der Waals surface area contributed by atoms with Crippen LogP contribution < -0.4 is 11.0 Å². The molecule has 0 aliphatic carbocycles. The SMILES string of the molecule is CCC(C)C(NCCCN(C)C)c1cc2c(Cl)c(C)nn2c(=O)n1Cc1ccccc1. The number of aryl methyl sites for hydroxylation is 1. The highest BCUT2D eigenvalue weighted by atomic mass is 35.5. The maximum atomic E-state index is 13.5. The van der Waals surface area contributed by atoms with Crippen LogP contribution in [0.4, 0.5) is 0 Å². The van der Waals surface area contributed by atoms with Crippen LogP contribution in [-0.4, -0.2) is 46.3 Å². The first-order valence-electron chi connectivity index (χ1n) is 11.0. The molecule has 0 aliphatic rings. The third-order valence-electron chi connectivity index (χ3n) is 5.89. The van der Waals surface area contributed by atoms with E-state index in [1.807, 2.05) is 47.9 Å². The summed E-state index contributed by atoms with van der Waals surface area (Å²) in [4.78, 5) is 15.7. The Bertz CT molecular complexity index is 1060. The van der Waals surface area contributed by atoms with Gasteiger partial charge in [0.15, 0.2) is 0 Å². The van der Waals surface area contributed by atoms with Crippen molar-refractivity contribution in [2.75, 3.05) is 27.2 Å². The number of nitrogens with zero attached hydrogens (tertiary/aromatic N) is 4. The van der Waals surface area contributed by atoms with E-state index in [2.05, 4.69) is 43.3 Å². The summed E-state index contributed by atoms with van der Waals surface area (Å²) in [5, 5.41) is 8.67. The normalized spacial score (nSPS) is 13.8. The molecule has 1 N–H and O–H groups in total. The van der Waals surface area contributed by atoms with E-state index in [1.54, 1.807) is 0 Å². The van der Waals surface area contributed by atoms with E-state index >= 15 is 0 Å². The number of hydrogen-bond donors (Lipinski definition) is 1. The summed E-state index contributed by atoms with van der Waals surface area (Å²) in [6.45, 7) is 8.64. The third-order valence-corrected chi connectivity index (χ3v) is 6.36. The zero-order valence-corrected chi connectivity index (χ0v) is 20.0. The number of benzene rings is 1. The first-order chi connectivity index (χ1) is 14.8. The number of nitrogens with one attached hydrogen (secondary N) is 1. The van der Waals surface area contributed by atoms with Crippen LogP contribution in [-0.2, 0) is 6.54 Å². The van der Waals surface area contributed by atoms with Gasteiger partial charge in [-0.1, -0.05) is 62.2 Å². The van der Waals surface area contributed by atoms with Crippen LogP contribution in [0.3, 0.4) is 0 Å². The third kappa shape index (κ3) is 5.37. The van der Waals surface area contributed by atoms with Crippen molar-refractivity contribution >= 4 is 17.1 Å². The smallest absolute Gasteiger partial charge is 0.309 e. The molecule has 0 saturated carbocycles. The quantitative estimate of drug-likeness (QED) is 0.478. The molecule has 0 saturated heterocycles. The number of aromatic nitrogens is 3. The summed E-state index contributed by atoms with van der Waals surface area (Å²) in [5.41, 5.74) is 3.22. The fourth-order valence-corrected chi connectivity index (χ4v) is 4.08. The summed E-state index contributed by atoms with van der Waals surface area (Å²) in [7, 11) is 4.17. The molecule has 0 amide bonds. The minimum atomic E-state index is -0.158. The molecule has 6 nitrogen and oxygen atoms in total. The highest BCUT2D eigenvalue weighted by Crippen LogP contribution is 2.28. The van der Waals surface area contributed by atoms with Gasteiger partial charge in [-0.2, -0.15) is 9.61 Å². The topological polar surface area (TPSA) is 54.6 Å². The monoisotopic (exact) mass is 443 g/mol. The van der Waals surface area contributed by atoms with Gasteiger partial charge in [-0.25, -0.2) is 4.79 Å². The molecular formula is C24H34ClN5O. The van der Waals surface area contributed by atoms with Crippen molar-refractivity contribution in [2.45, 2.75) is 46.2 Å². The Morgan fingerprint density at radius 1 is 1.23 bits per heavy atom. The van der Waals surface area contributed by atoms with Gasteiger partial charge in [0.1, 0.15) is 0 Å². The Morgan fingerprint density at radius 2 is 1.94 bits per heavy atom. The lowest BCUT2D eigenvalue weighted by molar-refractivity contribution is 0.336. The Labute approximate surface area is 189 Å². The number of rotatable bonds is 10. The van der Waals surface area contributed by atoms with E-state index in [9.17, 15) is 4.79 Å². The van der Waals surface area contributed by atoms with Crippen LogP contribution in [0.2, 0.25) is 5.02 Å². The second-order valence-electron chi connectivity index (χ2n) is 8.59. The van der Waals surface area contributed by atoms with Crippen molar-refractivity contribution in [3.63, 3.8) is 0 Å². The molecule has 0 spiro atoms. The Kier molecular flexibility index (Phi) is 7.92. The highest BCUT2D eigenvalue weighted by molar-refractivity contribution is 6.34. The van der Waals surface area contributed by atoms with Gasteiger partial charge in [0, 0.05) is 5.69 Å². The average molecular weight is 444 g/mol. The summed E-state index contributed by atoms with van der Waals surface area (Å²) in [6, 6.07) is 12.2. The maximum absolute atomic E-state index is 13.5. The summed E-state index contributed by atoms with van der Waals surface area (Å²) in [6.07, 6.45) is 2.04. The van der Waals surface area contributed by atoms with Crippen molar-refractivity contribution in [2.24, 2.45) is 5.92 Å². The van der Waals surface area contributed by atoms with Crippen molar-refractivity contribution in [3.05, 3.63) is 68.9 Å². The van der Waals surface area contributed by atoms with Gasteiger partial charge in [-0.15, -0.1) is 0 Å². The molecule has 2 atom stereocenters. The van der Waals surface area contributed by atoms with Gasteiger partial charge in [0.05, 0.1) is 28.8 Å². The number of hydrogen-bond acceptors (Lipinski definition) is 4. The lowest BCUT2D eigenvalue weighted by atomic mass is 9.95. The van der Waals surface area contributed by atoms with Gasteiger partial charge < -0.3 is 10.2 Å². The lowest BCUT2D eigenvalue weighted by Crippen LogP contribution is -2.37. The zero-order valence-electron chi connectivity index (χ0n) is 19.2. The molecular weight excluding hydrogens is 410 g/mol. The van der Waals surface area contributed by atoms with Crippen molar-refractivity contribution < 1.29 is 0 Å². The fraction of sp³-hybridized carbons (Fsp3) is 0.500. The minimum absolute atomic E-state index is 0.0415. The van der Waals surface area contributed by atoms with E-state index in [4.69, 9.17) is 11.6 Å². The van der Waals surface area contributed by atoms with Gasteiger partial charge in [0.25, 0.3) is 0 Å². The van der Waals surface area contributed by atoms with Crippen LogP contribution in [0.15, 0.2) is 41.2 Å². The van der Waals surface area contributed by atoms with Gasteiger partial charge in [-0.3, -0.25) is 4.57 Å². The van der Waals surface area contributed by atoms with Gasteiger partial charge >= 0.3 is 5.69 Å². The van der Waals surface area contributed by atoms with Crippen molar-refractivity contribution in [1.82, 2.24) is 24.4 Å². The van der Waals surface area contributed by atoms with Crippen LogP contribution in [0, 0.1) is 12.8 Å². The lowest BCUT2D eigenvalue weighted by Gasteiger charge is -2.28. The predicted octanol–water partition coefficient (Wildman–Crippen LogP) is 4.13. The molecule has 0 radical (unpaired) electrons. The Balaban J connectivity index is 2.10. The van der Waals surface area contributed by atoms with Crippen LogP contribution in [0.5, 0.6) is 0 Å². The molecule has 2 unspecified atom stereocenters. The molecule has 0 bridgehead atoms. The minimum Gasteiger partial charge on any atom is -0.309 e. The first-order valence-corrected chi connectivity index (χ1v) is 11.4. The van der Waals surface area contributed by atoms with Crippen LogP contribution in [0.1, 0.15) is 49.7 Å². The molecule has 0 aliphatic heterocycles. The van der Waals surface area contributed by atoms with Crippen LogP contribution in [0.25, 0.3) is 5.52 Å². The zero-order chi connectivity index (χ0) is 22.5.